The predicted molar refractivity (Wildman–Crippen MR) is 56.6 cm³/mol. The van der Waals surface area contributed by atoms with Crippen LogP contribution in [-0.4, -0.2) is 35.3 Å². The molecule has 0 aromatic heterocycles. The molecule has 0 rings (SSSR count). The van der Waals surface area contributed by atoms with Crippen LogP contribution in [0.15, 0.2) is 0 Å². The van der Waals surface area contributed by atoms with Gasteiger partial charge in [-0.05, 0) is 20.0 Å². The third kappa shape index (κ3) is 5.93. The molecule has 0 radical (unpaired) electrons. The van der Waals surface area contributed by atoms with Gasteiger partial charge in [0.15, 0.2) is 0 Å². The van der Waals surface area contributed by atoms with Gasteiger partial charge < -0.3 is 4.74 Å². The molecule has 0 heterocycles. The molecule has 0 aliphatic carbocycles. The van der Waals surface area contributed by atoms with Gasteiger partial charge in [0.1, 0.15) is 5.94 Å². The Labute approximate surface area is 84.8 Å². The summed E-state index contributed by atoms with van der Waals surface area (Å²) in [6, 6.07) is 0. The molecule has 0 aliphatic heterocycles. The smallest absolute Gasteiger partial charge is 0.303 e. The van der Waals surface area contributed by atoms with Gasteiger partial charge >= 0.3 is 5.97 Å². The number of rotatable bonds is 6. The fourth-order valence-corrected chi connectivity index (χ4v) is 2.00. The monoisotopic (exact) mass is 205 g/mol. The fourth-order valence-electron chi connectivity index (χ4n) is 1.06. The zero-order chi connectivity index (χ0) is 10.3. The van der Waals surface area contributed by atoms with Crippen molar-refractivity contribution in [3.8, 4) is 0 Å². The number of carbonyl (C=O) groups is 1. The zero-order valence-electron chi connectivity index (χ0n) is 8.87. The molecule has 0 saturated carbocycles. The van der Waals surface area contributed by atoms with Crippen molar-refractivity contribution in [2.24, 2.45) is 0 Å². The van der Waals surface area contributed by atoms with Crippen LogP contribution in [0.3, 0.4) is 0 Å². The van der Waals surface area contributed by atoms with Crippen molar-refractivity contribution in [2.45, 2.75) is 33.1 Å². The van der Waals surface area contributed by atoms with E-state index in [1.807, 2.05) is 0 Å². The third-order valence-corrected chi connectivity index (χ3v) is 2.93. The Kier molecular flexibility index (Phi) is 7.09. The van der Waals surface area contributed by atoms with Crippen molar-refractivity contribution in [1.82, 2.24) is 4.90 Å². The Bertz CT molecular complexity index is 149. The van der Waals surface area contributed by atoms with Gasteiger partial charge in [-0.1, -0.05) is 13.8 Å². The molecule has 0 N–H and O–H groups in total. The first-order chi connectivity index (χ1) is 6.11. The normalized spacial score (nSPS) is 13.0. The van der Waals surface area contributed by atoms with Crippen molar-refractivity contribution in [3.63, 3.8) is 0 Å². The second-order valence-corrected chi connectivity index (χ2v) is 3.99. The molecule has 4 heteroatoms. The molecule has 0 spiro atoms. The Balaban J connectivity index is 3.59. The van der Waals surface area contributed by atoms with Crippen LogP contribution in [-0.2, 0) is 9.53 Å². The molecular weight excluding hydrogens is 186 g/mol. The lowest BCUT2D eigenvalue weighted by Gasteiger charge is -2.25. The summed E-state index contributed by atoms with van der Waals surface area (Å²) < 4.78 is 4.85. The lowest BCUT2D eigenvalue weighted by atomic mass is 10.5. The van der Waals surface area contributed by atoms with Gasteiger partial charge in [-0.15, -0.1) is 11.8 Å². The van der Waals surface area contributed by atoms with Gasteiger partial charge in [-0.3, -0.25) is 9.69 Å². The summed E-state index contributed by atoms with van der Waals surface area (Å²) in [5.41, 5.74) is 0. The van der Waals surface area contributed by atoms with E-state index in [0.29, 0.717) is 11.3 Å². The lowest BCUT2D eigenvalue weighted by Crippen LogP contribution is -2.30. The first-order valence-corrected chi connectivity index (χ1v) is 5.65. The molecule has 0 aliphatic rings. The molecule has 0 aromatic rings. The number of nitrogens with zero attached hydrogens (tertiary/aromatic N) is 1. The van der Waals surface area contributed by atoms with Gasteiger partial charge in [0.2, 0.25) is 0 Å². The van der Waals surface area contributed by atoms with E-state index in [0.717, 1.165) is 13.1 Å². The quantitative estimate of drug-likeness (QED) is 0.489. The standard InChI is InChI=1S/C9H19NO2S/c1-5-10(6-2)8(3)13-7-12-9(4)11/h8H,5-7H2,1-4H3. The van der Waals surface area contributed by atoms with Crippen molar-refractivity contribution in [1.29, 1.82) is 0 Å². The van der Waals surface area contributed by atoms with E-state index in [1.165, 1.54) is 6.92 Å². The maximum absolute atomic E-state index is 10.5. The van der Waals surface area contributed by atoms with Crippen LogP contribution in [0.1, 0.15) is 27.7 Å². The summed E-state index contributed by atoms with van der Waals surface area (Å²) in [4.78, 5) is 12.8. The lowest BCUT2D eigenvalue weighted by molar-refractivity contribution is -0.138. The number of thioether (sulfide) groups is 1. The number of hydrogen-bond acceptors (Lipinski definition) is 4. The molecule has 13 heavy (non-hydrogen) atoms. The highest BCUT2D eigenvalue weighted by Gasteiger charge is 2.10. The van der Waals surface area contributed by atoms with Gasteiger partial charge in [-0.25, -0.2) is 0 Å². The van der Waals surface area contributed by atoms with Crippen LogP contribution in [0.25, 0.3) is 0 Å². The molecule has 78 valence electrons. The molecule has 0 saturated heterocycles. The third-order valence-electron chi connectivity index (χ3n) is 1.90. The van der Waals surface area contributed by atoms with E-state index in [4.69, 9.17) is 4.74 Å². The highest BCUT2D eigenvalue weighted by molar-refractivity contribution is 7.99. The second-order valence-electron chi connectivity index (χ2n) is 2.74. The summed E-state index contributed by atoms with van der Waals surface area (Å²) in [6.07, 6.45) is 0. The predicted octanol–water partition coefficient (Wildman–Crippen LogP) is 1.93. The average Bonchev–Trinajstić information content (AvgIpc) is 2.05. The Hall–Kier alpha value is -0.220. The van der Waals surface area contributed by atoms with E-state index in [-0.39, 0.29) is 5.97 Å². The Morgan fingerprint density at radius 2 is 2.00 bits per heavy atom. The van der Waals surface area contributed by atoms with E-state index in [1.54, 1.807) is 11.8 Å². The summed E-state index contributed by atoms with van der Waals surface area (Å²) >= 11 is 1.64. The SMILES string of the molecule is CCN(CC)C(C)SCOC(C)=O. The summed E-state index contributed by atoms with van der Waals surface area (Å²) in [7, 11) is 0. The summed E-state index contributed by atoms with van der Waals surface area (Å²) in [5, 5.41) is 0.411. The molecule has 0 fully saturated rings. The van der Waals surface area contributed by atoms with Crippen LogP contribution in [0.5, 0.6) is 0 Å². The van der Waals surface area contributed by atoms with Crippen LogP contribution < -0.4 is 0 Å². The maximum atomic E-state index is 10.5. The topological polar surface area (TPSA) is 29.5 Å². The van der Waals surface area contributed by atoms with Gasteiger partial charge in [-0.2, -0.15) is 0 Å². The second kappa shape index (κ2) is 7.21. The highest BCUT2D eigenvalue weighted by Crippen LogP contribution is 2.14. The van der Waals surface area contributed by atoms with Crippen molar-refractivity contribution < 1.29 is 9.53 Å². The molecular formula is C9H19NO2S. The van der Waals surface area contributed by atoms with Gasteiger partial charge in [0.05, 0.1) is 5.37 Å². The minimum absolute atomic E-state index is 0.209. The molecule has 3 nitrogen and oxygen atoms in total. The van der Waals surface area contributed by atoms with Crippen LogP contribution in [0, 0.1) is 0 Å². The first-order valence-electron chi connectivity index (χ1n) is 4.60. The van der Waals surface area contributed by atoms with Crippen molar-refractivity contribution >= 4 is 17.7 Å². The molecule has 0 bridgehead atoms. The summed E-state index contributed by atoms with van der Waals surface area (Å²) in [5.74, 6) is 0.242. The van der Waals surface area contributed by atoms with Gasteiger partial charge in [0.25, 0.3) is 0 Å². The molecule has 0 amide bonds. The largest absolute Gasteiger partial charge is 0.455 e. The zero-order valence-corrected chi connectivity index (χ0v) is 9.69. The molecule has 1 atom stereocenters. The summed E-state index contributed by atoms with van der Waals surface area (Å²) in [6.45, 7) is 9.89. The minimum atomic E-state index is -0.209. The first kappa shape index (κ1) is 12.8. The van der Waals surface area contributed by atoms with Crippen molar-refractivity contribution in [2.75, 3.05) is 19.0 Å². The molecule has 1 unspecified atom stereocenters. The van der Waals surface area contributed by atoms with E-state index < -0.39 is 0 Å². The van der Waals surface area contributed by atoms with E-state index in [9.17, 15) is 4.79 Å². The minimum Gasteiger partial charge on any atom is -0.455 e. The number of hydrogen-bond donors (Lipinski definition) is 0. The van der Waals surface area contributed by atoms with Crippen LogP contribution in [0.4, 0.5) is 0 Å². The maximum Gasteiger partial charge on any atom is 0.303 e. The average molecular weight is 205 g/mol. The Morgan fingerprint density at radius 1 is 1.46 bits per heavy atom. The number of esters is 1. The fraction of sp³-hybridized carbons (Fsp3) is 0.889. The Morgan fingerprint density at radius 3 is 2.38 bits per heavy atom. The van der Waals surface area contributed by atoms with Crippen LogP contribution in [0.2, 0.25) is 0 Å². The number of ether oxygens (including phenoxy) is 1. The van der Waals surface area contributed by atoms with Gasteiger partial charge in [0, 0.05) is 6.92 Å². The highest BCUT2D eigenvalue weighted by atomic mass is 32.2. The number of carbonyl (C=O) groups excluding carboxylic acids is 1. The molecule has 0 aromatic carbocycles. The van der Waals surface area contributed by atoms with E-state index in [2.05, 4.69) is 25.7 Å². The van der Waals surface area contributed by atoms with Crippen LogP contribution >= 0.6 is 11.8 Å². The van der Waals surface area contributed by atoms with E-state index >= 15 is 0 Å². The van der Waals surface area contributed by atoms with Crippen molar-refractivity contribution in [3.05, 3.63) is 0 Å².